The molecule has 0 bridgehead atoms. The third-order valence-electron chi connectivity index (χ3n) is 3.62. The number of carbonyl (C=O) groups excluding carboxylic acids is 1. The van der Waals surface area contributed by atoms with Crippen molar-refractivity contribution < 1.29 is 24.2 Å². The van der Waals surface area contributed by atoms with E-state index in [9.17, 15) is 14.7 Å². The number of carboxylic acid groups (broad SMARTS) is 1. The van der Waals surface area contributed by atoms with Crippen LogP contribution < -0.4 is 10.1 Å². The zero-order valence-corrected chi connectivity index (χ0v) is 13.3. The molecule has 0 spiro atoms. The van der Waals surface area contributed by atoms with E-state index in [1.807, 2.05) is 19.9 Å². The SMILES string of the molecule is CC(C)=CCOc1cccc(C(=O)NC2(C(=O)O)CCOC2)c1. The molecule has 0 saturated carbocycles. The first-order valence-corrected chi connectivity index (χ1v) is 7.43. The van der Waals surface area contributed by atoms with Gasteiger partial charge in [0.2, 0.25) is 0 Å². The summed E-state index contributed by atoms with van der Waals surface area (Å²) in [4.78, 5) is 23.8. The highest BCUT2D eigenvalue weighted by Gasteiger charge is 2.44. The second-order valence-corrected chi connectivity index (χ2v) is 5.76. The highest BCUT2D eigenvalue weighted by molar-refractivity contribution is 5.98. The maximum Gasteiger partial charge on any atom is 0.331 e. The fourth-order valence-corrected chi connectivity index (χ4v) is 2.21. The van der Waals surface area contributed by atoms with Crippen molar-refractivity contribution in [3.05, 3.63) is 41.5 Å². The first kappa shape index (κ1) is 17.0. The Morgan fingerprint density at radius 1 is 1.43 bits per heavy atom. The Morgan fingerprint density at radius 3 is 2.83 bits per heavy atom. The quantitative estimate of drug-likeness (QED) is 0.784. The summed E-state index contributed by atoms with van der Waals surface area (Å²) in [6, 6.07) is 6.67. The van der Waals surface area contributed by atoms with Crippen LogP contribution in [-0.2, 0) is 9.53 Å². The third kappa shape index (κ3) is 4.32. The van der Waals surface area contributed by atoms with Gasteiger partial charge >= 0.3 is 5.97 Å². The summed E-state index contributed by atoms with van der Waals surface area (Å²) in [7, 11) is 0. The van der Waals surface area contributed by atoms with Crippen LogP contribution in [0.15, 0.2) is 35.9 Å². The van der Waals surface area contributed by atoms with Crippen molar-refractivity contribution in [3.63, 3.8) is 0 Å². The Labute approximate surface area is 135 Å². The smallest absolute Gasteiger partial charge is 0.331 e. The van der Waals surface area contributed by atoms with Gasteiger partial charge in [-0.3, -0.25) is 4.79 Å². The van der Waals surface area contributed by atoms with Crippen molar-refractivity contribution in [1.82, 2.24) is 5.32 Å². The minimum Gasteiger partial charge on any atom is -0.490 e. The zero-order valence-electron chi connectivity index (χ0n) is 13.3. The molecule has 1 saturated heterocycles. The standard InChI is InChI=1S/C17H21NO5/c1-12(2)6-8-23-14-5-3-4-13(10-14)15(19)18-17(16(20)21)7-9-22-11-17/h3-6,10H,7-9,11H2,1-2H3,(H,18,19)(H,20,21). The van der Waals surface area contributed by atoms with Gasteiger partial charge in [-0.05, 0) is 38.1 Å². The van der Waals surface area contributed by atoms with Gasteiger partial charge in [-0.25, -0.2) is 4.79 Å². The van der Waals surface area contributed by atoms with Gasteiger partial charge in [-0.2, -0.15) is 0 Å². The van der Waals surface area contributed by atoms with Crippen LogP contribution in [0.4, 0.5) is 0 Å². The fraction of sp³-hybridized carbons (Fsp3) is 0.412. The number of allylic oxidation sites excluding steroid dienone is 1. The lowest BCUT2D eigenvalue weighted by molar-refractivity contribution is -0.144. The fourth-order valence-electron chi connectivity index (χ4n) is 2.21. The average molecular weight is 319 g/mol. The molecule has 6 nitrogen and oxygen atoms in total. The normalized spacial score (nSPS) is 19.9. The lowest BCUT2D eigenvalue weighted by Gasteiger charge is -2.23. The molecule has 6 heteroatoms. The van der Waals surface area contributed by atoms with Gasteiger partial charge in [-0.1, -0.05) is 11.6 Å². The molecular formula is C17H21NO5. The number of aliphatic carboxylic acids is 1. The third-order valence-corrected chi connectivity index (χ3v) is 3.62. The molecule has 1 atom stereocenters. The van der Waals surface area contributed by atoms with E-state index in [0.717, 1.165) is 5.57 Å². The molecule has 2 rings (SSSR count). The van der Waals surface area contributed by atoms with Gasteiger partial charge in [-0.15, -0.1) is 0 Å². The van der Waals surface area contributed by atoms with E-state index < -0.39 is 17.4 Å². The summed E-state index contributed by atoms with van der Waals surface area (Å²) in [5.41, 5.74) is 0.145. The van der Waals surface area contributed by atoms with Crippen LogP contribution in [-0.4, -0.2) is 42.3 Å². The molecular weight excluding hydrogens is 298 g/mol. The number of ether oxygens (including phenoxy) is 2. The van der Waals surface area contributed by atoms with Gasteiger partial charge in [0, 0.05) is 18.6 Å². The molecule has 124 valence electrons. The highest BCUT2D eigenvalue weighted by atomic mass is 16.5. The van der Waals surface area contributed by atoms with Gasteiger partial charge in [0.1, 0.15) is 12.4 Å². The summed E-state index contributed by atoms with van der Waals surface area (Å²) in [6.45, 7) is 4.66. The molecule has 0 aromatic heterocycles. The van der Waals surface area contributed by atoms with E-state index in [2.05, 4.69) is 5.32 Å². The maximum absolute atomic E-state index is 12.3. The molecule has 0 aliphatic carbocycles. The first-order valence-electron chi connectivity index (χ1n) is 7.43. The van der Waals surface area contributed by atoms with E-state index in [0.29, 0.717) is 24.5 Å². The maximum atomic E-state index is 12.3. The molecule has 1 aromatic carbocycles. The predicted molar refractivity (Wildman–Crippen MR) is 84.6 cm³/mol. The Balaban J connectivity index is 2.07. The molecule has 1 heterocycles. The van der Waals surface area contributed by atoms with Crippen molar-refractivity contribution in [2.75, 3.05) is 19.8 Å². The predicted octanol–water partition coefficient (Wildman–Crippen LogP) is 2.01. The molecule has 1 amide bonds. The van der Waals surface area contributed by atoms with E-state index in [-0.39, 0.29) is 13.0 Å². The number of carbonyl (C=O) groups is 2. The number of carboxylic acids is 1. The van der Waals surface area contributed by atoms with Crippen LogP contribution in [0.3, 0.4) is 0 Å². The molecule has 0 radical (unpaired) electrons. The Kier molecular flexibility index (Phi) is 5.39. The van der Waals surface area contributed by atoms with Crippen LogP contribution in [0, 0.1) is 0 Å². The van der Waals surface area contributed by atoms with Gasteiger partial charge in [0.15, 0.2) is 5.54 Å². The van der Waals surface area contributed by atoms with E-state index in [1.54, 1.807) is 24.3 Å². The van der Waals surface area contributed by atoms with Crippen LogP contribution in [0.2, 0.25) is 0 Å². The molecule has 1 aliphatic heterocycles. The molecule has 1 fully saturated rings. The second kappa shape index (κ2) is 7.28. The summed E-state index contributed by atoms with van der Waals surface area (Å²) < 4.78 is 10.7. The van der Waals surface area contributed by atoms with Crippen molar-refractivity contribution >= 4 is 11.9 Å². The van der Waals surface area contributed by atoms with Gasteiger partial charge in [0.25, 0.3) is 5.91 Å². The second-order valence-electron chi connectivity index (χ2n) is 5.76. The summed E-state index contributed by atoms with van der Waals surface area (Å²) in [5, 5.41) is 11.9. The zero-order chi connectivity index (χ0) is 16.9. The Hall–Kier alpha value is -2.34. The lowest BCUT2D eigenvalue weighted by atomic mass is 9.98. The molecule has 23 heavy (non-hydrogen) atoms. The highest BCUT2D eigenvalue weighted by Crippen LogP contribution is 2.21. The van der Waals surface area contributed by atoms with E-state index in [1.165, 1.54) is 0 Å². The molecule has 1 aromatic rings. The van der Waals surface area contributed by atoms with Crippen LogP contribution >= 0.6 is 0 Å². The Bertz CT molecular complexity index is 613. The van der Waals surface area contributed by atoms with Crippen molar-refractivity contribution in [3.8, 4) is 5.75 Å². The van der Waals surface area contributed by atoms with Gasteiger partial charge < -0.3 is 19.9 Å². The van der Waals surface area contributed by atoms with E-state index >= 15 is 0 Å². The monoisotopic (exact) mass is 319 g/mol. The van der Waals surface area contributed by atoms with Crippen LogP contribution in [0.5, 0.6) is 5.75 Å². The van der Waals surface area contributed by atoms with Crippen LogP contribution in [0.1, 0.15) is 30.6 Å². The average Bonchev–Trinajstić information content (AvgIpc) is 2.97. The van der Waals surface area contributed by atoms with Gasteiger partial charge in [0.05, 0.1) is 6.61 Å². The number of rotatable bonds is 6. The number of amides is 1. The lowest BCUT2D eigenvalue weighted by Crippen LogP contribution is -2.55. The summed E-state index contributed by atoms with van der Waals surface area (Å²) in [6.07, 6.45) is 2.19. The number of nitrogens with one attached hydrogen (secondary N) is 1. The Morgan fingerprint density at radius 2 is 2.22 bits per heavy atom. The first-order chi connectivity index (χ1) is 10.9. The largest absolute Gasteiger partial charge is 0.490 e. The molecule has 2 N–H and O–H groups in total. The molecule has 1 unspecified atom stereocenters. The number of hydrogen-bond donors (Lipinski definition) is 2. The topological polar surface area (TPSA) is 84.9 Å². The molecule has 1 aliphatic rings. The summed E-state index contributed by atoms with van der Waals surface area (Å²) >= 11 is 0. The van der Waals surface area contributed by atoms with Crippen LogP contribution in [0.25, 0.3) is 0 Å². The minimum absolute atomic E-state index is 0.0230. The van der Waals surface area contributed by atoms with Crippen molar-refractivity contribution in [2.45, 2.75) is 25.8 Å². The summed E-state index contributed by atoms with van der Waals surface area (Å²) in [5.74, 6) is -0.980. The number of benzene rings is 1. The number of hydrogen-bond acceptors (Lipinski definition) is 4. The van der Waals surface area contributed by atoms with Crippen molar-refractivity contribution in [2.24, 2.45) is 0 Å². The van der Waals surface area contributed by atoms with Crippen molar-refractivity contribution in [1.29, 1.82) is 0 Å². The minimum atomic E-state index is -1.35. The van der Waals surface area contributed by atoms with E-state index in [4.69, 9.17) is 9.47 Å².